The number of carbonyl (C=O) groups excluding carboxylic acids is 3. The van der Waals surface area contributed by atoms with Crippen LogP contribution in [0, 0.1) is 5.92 Å². The van der Waals surface area contributed by atoms with Crippen LogP contribution in [-0.2, 0) is 27.8 Å². The molecule has 8 rings (SSSR count). The van der Waals surface area contributed by atoms with Crippen molar-refractivity contribution in [2.24, 2.45) is 13.0 Å². The molecule has 4 aromatic heterocycles. The Hall–Kier alpha value is -5.29. The van der Waals surface area contributed by atoms with Gasteiger partial charge in [0.2, 0.25) is 11.8 Å². The van der Waals surface area contributed by atoms with E-state index in [-0.39, 0.29) is 47.8 Å². The molecule has 1 aromatic carbocycles. The van der Waals surface area contributed by atoms with Gasteiger partial charge in [0.25, 0.3) is 12.3 Å². The van der Waals surface area contributed by atoms with Crippen molar-refractivity contribution in [1.82, 2.24) is 43.7 Å². The summed E-state index contributed by atoms with van der Waals surface area (Å²) in [5.41, 5.74) is 2.22. The van der Waals surface area contributed by atoms with Gasteiger partial charge in [-0.3, -0.25) is 38.4 Å². The SMILES string of the molecule is Cn1c(=O)n(C2CCC(=O)NC2=O)c2cccc(CC[C@@H]3CN(C[C@H]4CC[C@H](n5cc(NC(=O)c6cnn7cccnc67)c(C(F)F)n5)CC4)CCO3)c21. The number of nitrogens with one attached hydrogen (secondary N) is 2. The van der Waals surface area contributed by atoms with E-state index in [1.54, 1.807) is 28.6 Å². The molecule has 3 fully saturated rings. The summed E-state index contributed by atoms with van der Waals surface area (Å²) in [4.78, 5) is 57.4. The molecule has 54 heavy (non-hydrogen) atoms. The van der Waals surface area contributed by atoms with Crippen LogP contribution < -0.4 is 16.3 Å². The summed E-state index contributed by atoms with van der Waals surface area (Å²) in [6.07, 6.45) is 8.57. The molecule has 5 aromatic rings. The fourth-order valence-electron chi connectivity index (χ4n) is 8.37. The van der Waals surface area contributed by atoms with E-state index in [4.69, 9.17) is 4.74 Å². The van der Waals surface area contributed by atoms with Crippen LogP contribution >= 0.6 is 0 Å². The standard InChI is InChI=1S/C37H42F2N10O5/c1-45-32-23(4-2-5-28(32)49(37(45)53)29-12-13-30(50)43-36(29)52)8-11-25-20-46(16-17-54-25)19-22-6-9-24(10-7-22)48-21-27(31(44-48)33(38)39)42-35(51)26-18-41-47-15-3-14-40-34(26)47/h2-5,14-15,18,21-22,24-25,29,33H,6-13,16-17,19-20H2,1H3,(H,42,51)(H,43,50,52)/t22-,24-,25-,29?/m1/s1. The molecule has 2 atom stereocenters. The number of para-hydroxylation sites is 1. The number of alkyl halides is 2. The number of aromatic nitrogens is 7. The maximum atomic E-state index is 14.0. The molecule has 0 bridgehead atoms. The van der Waals surface area contributed by atoms with Gasteiger partial charge in [-0.25, -0.2) is 23.1 Å². The number of imidazole rings is 1. The number of hydrogen-bond acceptors (Lipinski definition) is 9. The van der Waals surface area contributed by atoms with E-state index < -0.39 is 30.0 Å². The molecule has 6 heterocycles. The summed E-state index contributed by atoms with van der Waals surface area (Å²) in [7, 11) is 1.72. The molecule has 17 heteroatoms. The highest BCUT2D eigenvalue weighted by molar-refractivity contribution is 6.08. The predicted molar refractivity (Wildman–Crippen MR) is 192 cm³/mol. The predicted octanol–water partition coefficient (Wildman–Crippen LogP) is 3.81. The lowest BCUT2D eigenvalue weighted by atomic mass is 9.85. The first-order valence-corrected chi connectivity index (χ1v) is 18.5. The minimum Gasteiger partial charge on any atom is -0.376 e. The van der Waals surface area contributed by atoms with Crippen molar-refractivity contribution >= 4 is 40.1 Å². The minimum absolute atomic E-state index is 0.0154. The number of aryl methyl sites for hydroxylation is 2. The number of halogens is 2. The topological polar surface area (TPSA) is 163 Å². The summed E-state index contributed by atoms with van der Waals surface area (Å²) in [6, 6.07) is 6.66. The Labute approximate surface area is 308 Å². The van der Waals surface area contributed by atoms with Gasteiger partial charge in [-0.1, -0.05) is 12.1 Å². The molecule has 1 saturated carbocycles. The number of piperidine rings is 1. The molecule has 284 valence electrons. The Kier molecular flexibility index (Phi) is 9.83. The lowest BCUT2D eigenvalue weighted by molar-refractivity contribution is -0.135. The minimum atomic E-state index is -2.85. The lowest BCUT2D eigenvalue weighted by Crippen LogP contribution is -2.45. The normalized spacial score (nSPS) is 22.7. The zero-order chi connectivity index (χ0) is 37.5. The van der Waals surface area contributed by atoms with E-state index in [1.165, 1.54) is 27.7 Å². The zero-order valence-electron chi connectivity index (χ0n) is 29.9. The van der Waals surface area contributed by atoms with Crippen LogP contribution in [0.1, 0.15) is 85.1 Å². The highest BCUT2D eigenvalue weighted by Crippen LogP contribution is 2.36. The highest BCUT2D eigenvalue weighted by Gasteiger charge is 2.33. The molecule has 3 amide bonds. The second-order valence-electron chi connectivity index (χ2n) is 14.5. The van der Waals surface area contributed by atoms with E-state index >= 15 is 0 Å². The molecule has 2 saturated heterocycles. The van der Waals surface area contributed by atoms with Gasteiger partial charge in [0, 0.05) is 51.7 Å². The summed E-state index contributed by atoms with van der Waals surface area (Å²) in [6.45, 7) is 3.16. The van der Waals surface area contributed by atoms with Crippen molar-refractivity contribution in [2.45, 2.75) is 76.0 Å². The third kappa shape index (κ3) is 6.93. The lowest BCUT2D eigenvalue weighted by Gasteiger charge is -2.37. The van der Waals surface area contributed by atoms with Crippen LogP contribution in [0.2, 0.25) is 0 Å². The number of imide groups is 1. The van der Waals surface area contributed by atoms with Crippen LogP contribution in [0.4, 0.5) is 14.5 Å². The number of amides is 3. The maximum absolute atomic E-state index is 14.0. The summed E-state index contributed by atoms with van der Waals surface area (Å²) in [5, 5.41) is 13.3. The number of rotatable bonds is 10. The van der Waals surface area contributed by atoms with Gasteiger partial charge in [0.15, 0.2) is 11.3 Å². The van der Waals surface area contributed by atoms with Crippen LogP contribution in [0.5, 0.6) is 0 Å². The number of ether oxygens (including phenoxy) is 1. The molecule has 0 spiro atoms. The maximum Gasteiger partial charge on any atom is 0.329 e. The van der Waals surface area contributed by atoms with Crippen molar-refractivity contribution in [2.75, 3.05) is 31.6 Å². The Morgan fingerprint density at radius 2 is 1.94 bits per heavy atom. The smallest absolute Gasteiger partial charge is 0.329 e. The third-order valence-corrected chi connectivity index (χ3v) is 11.1. The van der Waals surface area contributed by atoms with E-state index in [1.807, 2.05) is 18.2 Å². The monoisotopic (exact) mass is 744 g/mol. The van der Waals surface area contributed by atoms with Gasteiger partial charge in [0.1, 0.15) is 11.6 Å². The number of morpholine rings is 1. The quantitative estimate of drug-likeness (QED) is 0.203. The molecule has 0 radical (unpaired) electrons. The third-order valence-electron chi connectivity index (χ3n) is 11.1. The van der Waals surface area contributed by atoms with Gasteiger partial charge in [0.05, 0.1) is 41.7 Å². The summed E-state index contributed by atoms with van der Waals surface area (Å²) in [5.74, 6) is -0.907. The van der Waals surface area contributed by atoms with Crippen molar-refractivity contribution < 1.29 is 27.9 Å². The Morgan fingerprint density at radius 1 is 1.11 bits per heavy atom. The second kappa shape index (κ2) is 14.9. The number of nitrogens with zero attached hydrogens (tertiary/aromatic N) is 8. The second-order valence-corrected chi connectivity index (χ2v) is 14.5. The fourth-order valence-corrected chi connectivity index (χ4v) is 8.37. The number of hydrogen-bond donors (Lipinski definition) is 2. The van der Waals surface area contributed by atoms with Crippen molar-refractivity contribution in [1.29, 1.82) is 0 Å². The number of anilines is 1. The van der Waals surface area contributed by atoms with Crippen LogP contribution in [0.3, 0.4) is 0 Å². The average Bonchev–Trinajstić information content (AvgIpc) is 3.86. The number of fused-ring (bicyclic) bond motifs is 2. The largest absolute Gasteiger partial charge is 0.376 e. The Balaban J connectivity index is 0.862. The van der Waals surface area contributed by atoms with Crippen LogP contribution in [0.25, 0.3) is 16.7 Å². The molecule has 1 aliphatic carbocycles. The van der Waals surface area contributed by atoms with Gasteiger partial charge < -0.3 is 10.1 Å². The zero-order valence-corrected chi connectivity index (χ0v) is 29.9. The highest BCUT2D eigenvalue weighted by atomic mass is 19.3. The van der Waals surface area contributed by atoms with Gasteiger partial charge in [-0.2, -0.15) is 10.2 Å². The van der Waals surface area contributed by atoms with E-state index in [2.05, 4.69) is 30.7 Å². The molecular formula is C37H42F2N10O5. The van der Waals surface area contributed by atoms with E-state index in [0.29, 0.717) is 30.1 Å². The van der Waals surface area contributed by atoms with Gasteiger partial charge in [-0.15, -0.1) is 0 Å². The molecule has 3 aliphatic rings. The van der Waals surface area contributed by atoms with E-state index in [9.17, 15) is 28.0 Å². The van der Waals surface area contributed by atoms with Crippen molar-refractivity contribution in [3.05, 3.63) is 76.4 Å². The number of carbonyl (C=O) groups is 3. The summed E-state index contributed by atoms with van der Waals surface area (Å²) < 4.78 is 40.4. The molecular weight excluding hydrogens is 702 g/mol. The van der Waals surface area contributed by atoms with Crippen LogP contribution in [-0.4, -0.2) is 88.5 Å². The summed E-state index contributed by atoms with van der Waals surface area (Å²) >= 11 is 0. The van der Waals surface area contributed by atoms with Crippen LogP contribution in [0.15, 0.2) is 53.8 Å². The Bertz CT molecular complexity index is 2270. The first-order chi connectivity index (χ1) is 26.1. The molecule has 2 N–H and O–H groups in total. The van der Waals surface area contributed by atoms with Gasteiger partial charge >= 0.3 is 5.69 Å². The first-order valence-electron chi connectivity index (χ1n) is 18.5. The molecule has 15 nitrogen and oxygen atoms in total. The molecule has 2 aliphatic heterocycles. The fraction of sp³-hybridized carbons (Fsp3) is 0.486. The van der Waals surface area contributed by atoms with Crippen molar-refractivity contribution in [3.63, 3.8) is 0 Å². The first kappa shape index (κ1) is 35.7. The van der Waals surface area contributed by atoms with E-state index in [0.717, 1.165) is 62.8 Å². The average molecular weight is 745 g/mol. The molecule has 1 unspecified atom stereocenters. The Morgan fingerprint density at radius 3 is 2.74 bits per heavy atom. The van der Waals surface area contributed by atoms with Gasteiger partial charge in [-0.05, 0) is 68.6 Å². The number of benzene rings is 1. The van der Waals surface area contributed by atoms with Crippen molar-refractivity contribution in [3.8, 4) is 0 Å².